The Hall–Kier alpha value is -10.1. The predicted molar refractivity (Wildman–Crippen MR) is 404 cm³/mol. The number of benzene rings is 9. The summed E-state index contributed by atoms with van der Waals surface area (Å²) in [5, 5.41) is 44.8. The second-order valence-corrected chi connectivity index (χ2v) is 33.0. The molecule has 40 nitrogen and oxygen atoms in total. The molecule has 2 fully saturated rings. The molecule has 47 heteroatoms. The fourth-order valence-corrected chi connectivity index (χ4v) is 16.5. The number of nitrogens with two attached hydrogens (primary N) is 2. The predicted octanol–water partition coefficient (Wildman–Crippen LogP) is 5.99. The van der Waals surface area contributed by atoms with E-state index in [0.29, 0.717) is 113 Å². The Bertz CT molecular complexity index is 6160. The van der Waals surface area contributed by atoms with Gasteiger partial charge in [-0.25, -0.2) is 9.98 Å². The number of nitrogens with one attached hydrogen (secondary N) is 4. The van der Waals surface area contributed by atoms with E-state index in [-0.39, 0.29) is 75.4 Å². The van der Waals surface area contributed by atoms with E-state index in [1.54, 1.807) is 36.4 Å². The number of nitrogens with zero attached hydrogens (tertiary/aromatic N) is 14. The maximum Gasteiger partial charge on any atom is 0.297 e. The monoisotopic (exact) mass is 1650 g/mol. The maximum atomic E-state index is 13.1. The topological polar surface area (TPSA) is 613 Å². The molecule has 0 spiro atoms. The van der Waals surface area contributed by atoms with Crippen LogP contribution in [-0.2, 0) is 60.7 Å². The van der Waals surface area contributed by atoms with Gasteiger partial charge in [-0.1, -0.05) is 60.7 Å². The van der Waals surface area contributed by atoms with E-state index in [9.17, 15) is 88.0 Å². The Balaban J connectivity index is 0.0000114. The minimum Gasteiger partial charge on any atom is -0.505 e. The molecule has 2 aromatic heterocycles. The van der Waals surface area contributed by atoms with Crippen molar-refractivity contribution >= 4 is 203 Å². The number of aromatic hydroxyl groups is 2. The van der Waals surface area contributed by atoms with Crippen LogP contribution in [0.3, 0.4) is 0 Å². The first kappa shape index (κ1) is 80.5. The summed E-state index contributed by atoms with van der Waals surface area (Å²) in [7, 11) is -31.5. The summed E-state index contributed by atoms with van der Waals surface area (Å²) >= 11 is 0. The Morgan fingerprint density at radius 3 is 1.10 bits per heavy atom. The van der Waals surface area contributed by atoms with Gasteiger partial charge in [0.05, 0.1) is 31.9 Å². The third kappa shape index (κ3) is 17.8. The van der Waals surface area contributed by atoms with E-state index >= 15 is 0 Å². The van der Waals surface area contributed by atoms with Gasteiger partial charge in [0.15, 0.2) is 11.5 Å². The normalized spacial score (nSPS) is 15.1. The fourth-order valence-electron chi connectivity index (χ4n) is 12.4. The first-order valence-corrected chi connectivity index (χ1v) is 41.1. The summed E-state index contributed by atoms with van der Waals surface area (Å²) in [6, 6.07) is 27.7. The molecule has 13 rings (SSSR count). The molecule has 0 amide bonds. The third-order valence-electron chi connectivity index (χ3n) is 17.5. The molecule has 11 aromatic rings. The second-order valence-electron chi connectivity index (χ2n) is 24.7. The summed E-state index contributed by atoms with van der Waals surface area (Å²) in [6.45, 7) is 5.36. The molecule has 16 N–H and O–H groups in total. The van der Waals surface area contributed by atoms with E-state index in [4.69, 9.17) is 21.4 Å². The second kappa shape index (κ2) is 31.6. The first-order valence-electron chi connectivity index (χ1n) is 32.4. The molecule has 0 unspecified atom stereocenters. The van der Waals surface area contributed by atoms with Crippen molar-refractivity contribution in [2.75, 3.05) is 99.0 Å². The summed E-state index contributed by atoms with van der Waals surface area (Å²) in [5.41, 5.74) is 7.42. The Morgan fingerprint density at radius 1 is 0.405 bits per heavy atom. The van der Waals surface area contributed by atoms with Crippen molar-refractivity contribution in [1.82, 2.24) is 39.7 Å². The zero-order chi connectivity index (χ0) is 78.6. The Morgan fingerprint density at radius 2 is 0.766 bits per heavy atom. The van der Waals surface area contributed by atoms with Gasteiger partial charge in [0, 0.05) is 130 Å². The van der Waals surface area contributed by atoms with Crippen LogP contribution in [0.15, 0.2) is 193 Å². The summed E-state index contributed by atoms with van der Waals surface area (Å²) in [5.74, 6) is -2.32. The van der Waals surface area contributed by atoms with Crippen molar-refractivity contribution in [2.24, 2.45) is 41.9 Å². The SMILES string of the molecule is NCCN1CCN(c2nc(Nc3ccc(Nc4nc(N5CCN(CCN)CC5)[nH]c(=Nc5cc(S(=O)(=O)O)cc6cc(S(=O)(=O)O)c(N=Nc7ccc8ccccc8c7S(=O)(=O)O)c(O)c56)n4)cc3)nc(=Nc3cc(S(=O)(=O)O)cc4cc(S(=O)(=O)O)c(N=Nc5ccc6ccccc6c5S(=O)(=O)O)c(O)c34)[nH]2)CC1.[Na]. The van der Waals surface area contributed by atoms with Crippen LogP contribution in [0.25, 0.3) is 43.1 Å². The molecular weight excluding hydrogens is 1580 g/mol. The summed E-state index contributed by atoms with van der Waals surface area (Å²) in [6.07, 6.45) is 0. The molecule has 0 bridgehead atoms. The van der Waals surface area contributed by atoms with Gasteiger partial charge in [-0.05, 0) is 94.3 Å². The van der Waals surface area contributed by atoms with E-state index in [1.165, 1.54) is 48.5 Å². The molecule has 0 aliphatic carbocycles. The van der Waals surface area contributed by atoms with Crippen molar-refractivity contribution < 1.29 is 88.0 Å². The summed E-state index contributed by atoms with van der Waals surface area (Å²) in [4.78, 5) is 36.0. The van der Waals surface area contributed by atoms with Gasteiger partial charge in [0.1, 0.15) is 42.3 Å². The van der Waals surface area contributed by atoms with Gasteiger partial charge in [-0.3, -0.25) is 47.1 Å². The van der Waals surface area contributed by atoms with Crippen molar-refractivity contribution in [2.45, 2.75) is 29.4 Å². The number of rotatable bonds is 22. The summed E-state index contributed by atoms with van der Waals surface area (Å²) < 4.78 is 218. The molecule has 111 heavy (non-hydrogen) atoms. The quantitative estimate of drug-likeness (QED) is 0.0210. The number of hydrogen-bond donors (Lipinski definition) is 14. The van der Waals surface area contributed by atoms with Gasteiger partial charge in [0.2, 0.25) is 35.0 Å². The van der Waals surface area contributed by atoms with Crippen molar-refractivity contribution in [3.63, 3.8) is 0 Å². The van der Waals surface area contributed by atoms with Crippen LogP contribution in [0.2, 0.25) is 0 Å². The molecule has 2 aliphatic rings. The third-order valence-corrected chi connectivity index (χ3v) is 22.8. The Kier molecular flexibility index (Phi) is 22.9. The van der Waals surface area contributed by atoms with E-state index in [2.05, 4.69) is 70.8 Å². The molecular formula is C64H62N20NaO20S6. The fraction of sp³-hybridized carbons (Fsp3) is 0.188. The van der Waals surface area contributed by atoms with Crippen LogP contribution >= 0.6 is 0 Å². The van der Waals surface area contributed by atoms with Crippen LogP contribution in [0.4, 0.5) is 69.3 Å². The number of azo groups is 2. The van der Waals surface area contributed by atoms with Gasteiger partial charge >= 0.3 is 0 Å². The van der Waals surface area contributed by atoms with Crippen LogP contribution in [0.1, 0.15) is 0 Å². The molecule has 2 aliphatic heterocycles. The molecule has 2 saturated heterocycles. The van der Waals surface area contributed by atoms with Gasteiger partial charge in [-0.2, -0.15) is 70.4 Å². The number of anilines is 6. The number of hydrogen-bond acceptors (Lipinski definition) is 32. The number of fused-ring (bicyclic) bond motifs is 4. The molecule has 1 radical (unpaired) electrons. The zero-order valence-corrected chi connectivity index (χ0v) is 64.4. The van der Waals surface area contributed by atoms with E-state index in [1.807, 2.05) is 9.80 Å². The van der Waals surface area contributed by atoms with Crippen LogP contribution in [0, 0.1) is 0 Å². The average Bonchev–Trinajstić information content (AvgIpc) is 0.748. The number of aromatic amines is 2. The molecule has 575 valence electrons. The Labute approximate surface area is 651 Å². The number of aromatic nitrogens is 6. The zero-order valence-electron chi connectivity index (χ0n) is 57.5. The molecule has 0 saturated carbocycles. The van der Waals surface area contributed by atoms with Gasteiger partial charge in [-0.15, -0.1) is 20.5 Å². The molecule has 9 aromatic carbocycles. The smallest absolute Gasteiger partial charge is 0.297 e. The largest absolute Gasteiger partial charge is 0.505 e. The molecule has 4 heterocycles. The number of piperazine rings is 2. The van der Waals surface area contributed by atoms with E-state index in [0.717, 1.165) is 36.4 Å². The van der Waals surface area contributed by atoms with Gasteiger partial charge < -0.3 is 42.1 Å². The van der Waals surface area contributed by atoms with E-state index < -0.39 is 157 Å². The number of phenolic OH excluding ortho intramolecular Hbond substituents is 2. The number of phenols is 2. The standard InChI is InChI=1S/C64H62N20O20S6.Na/c65-17-19-81-21-25-83(26-22-81)63-73-59(71-61(75-63)69-47-33-41(105(87,88)89)29-37-31-49(107(93,94)95)53(55(85)51(37)47)79-77-45-15-9-35-5-1-3-7-43(35)57(45)109(99,100)101)67-39-11-13-40(14-12-39)68-60-72-62(76-64(74-60)84-27-23-82(20-18-66)24-28-84)70-48-34-42(106(90,91)92)30-38-32-50(108(96,97)98)54(56(86)52(38)48)80-78-46-16-10-36-6-2-4-8-44(36)58(46)110(102,103)104;/h1-16,29-34,85-86H,17-28,65-66H2,(H,87,88,89)(H,90,91,92)(H,93,94,95)(H,96,97,98)(H,99,100,101)(H,102,103,104)(H2,67,69,71,73,75)(H2,68,70,72,74,76);. The maximum absolute atomic E-state index is 13.1. The van der Waals surface area contributed by atoms with Crippen LogP contribution in [-0.4, -0.2) is 236 Å². The minimum absolute atomic E-state index is 0. The van der Waals surface area contributed by atoms with Crippen LogP contribution < -0.4 is 43.1 Å². The van der Waals surface area contributed by atoms with Crippen molar-refractivity contribution in [1.29, 1.82) is 0 Å². The van der Waals surface area contributed by atoms with Crippen molar-refractivity contribution in [3.05, 3.63) is 145 Å². The van der Waals surface area contributed by atoms with Crippen molar-refractivity contribution in [3.8, 4) is 11.5 Å². The van der Waals surface area contributed by atoms with Gasteiger partial charge in [0.25, 0.3) is 60.7 Å². The number of H-pyrrole nitrogens is 2. The minimum atomic E-state index is -5.44. The molecule has 0 atom stereocenters. The average molecular weight is 1650 g/mol. The van der Waals surface area contributed by atoms with Crippen LogP contribution in [0.5, 0.6) is 11.5 Å². The first-order chi connectivity index (χ1) is 52.0.